The van der Waals surface area contributed by atoms with Gasteiger partial charge in [-0.1, -0.05) is 6.07 Å². The van der Waals surface area contributed by atoms with Crippen LogP contribution in [0.1, 0.15) is 16.1 Å². The summed E-state index contributed by atoms with van der Waals surface area (Å²) in [5, 5.41) is 5.45. The molecule has 0 saturated carbocycles. The molecule has 3 heterocycles. The number of amides is 1. The fourth-order valence-corrected chi connectivity index (χ4v) is 2.75. The Bertz CT molecular complexity index is 1130. The maximum atomic E-state index is 12.6. The van der Waals surface area contributed by atoms with Crippen molar-refractivity contribution in [3.63, 3.8) is 0 Å². The van der Waals surface area contributed by atoms with Crippen LogP contribution >= 0.6 is 0 Å². The maximum absolute atomic E-state index is 12.6. The highest BCUT2D eigenvalue weighted by Gasteiger charge is 2.29. The molecule has 0 aliphatic carbocycles. The Morgan fingerprint density at radius 2 is 1.97 bits per heavy atom. The van der Waals surface area contributed by atoms with Gasteiger partial charge in [0.2, 0.25) is 12.7 Å². The summed E-state index contributed by atoms with van der Waals surface area (Å²) in [5.41, 5.74) is 0.864. The lowest BCUT2D eigenvalue weighted by molar-refractivity contribution is -0.153. The van der Waals surface area contributed by atoms with Crippen LogP contribution in [0, 0.1) is 0 Å². The number of anilines is 2. The smallest absolute Gasteiger partial charge is 0.422 e. The largest absolute Gasteiger partial charge is 0.482 e. The van der Waals surface area contributed by atoms with Gasteiger partial charge in [0.15, 0.2) is 18.1 Å². The number of benzene rings is 1. The van der Waals surface area contributed by atoms with Crippen molar-refractivity contribution in [1.29, 1.82) is 0 Å². The molecule has 2 aromatic heterocycles. The quantitative estimate of drug-likeness (QED) is 0.568. The summed E-state index contributed by atoms with van der Waals surface area (Å²) >= 11 is 0. The number of aromatic nitrogens is 3. The second kappa shape index (κ2) is 8.96. The van der Waals surface area contributed by atoms with Crippen molar-refractivity contribution >= 4 is 17.5 Å². The summed E-state index contributed by atoms with van der Waals surface area (Å²) in [5.74, 6) is 0.662. The van der Waals surface area contributed by atoms with Crippen molar-refractivity contribution in [2.75, 3.05) is 24.0 Å². The van der Waals surface area contributed by atoms with Gasteiger partial charge in [-0.15, -0.1) is 0 Å². The van der Waals surface area contributed by atoms with E-state index in [1.807, 2.05) is 12.1 Å². The highest BCUT2D eigenvalue weighted by molar-refractivity contribution is 6.03. The van der Waals surface area contributed by atoms with E-state index in [1.165, 1.54) is 30.7 Å². The summed E-state index contributed by atoms with van der Waals surface area (Å²) in [6, 6.07) is 8.04. The Morgan fingerprint density at radius 3 is 2.81 bits per heavy atom. The van der Waals surface area contributed by atoms with E-state index in [2.05, 4.69) is 25.6 Å². The minimum absolute atomic E-state index is 0.00110. The van der Waals surface area contributed by atoms with Crippen LogP contribution in [-0.4, -0.2) is 40.4 Å². The molecule has 3 aromatic rings. The van der Waals surface area contributed by atoms with E-state index in [1.54, 1.807) is 6.07 Å². The second-order valence-corrected chi connectivity index (χ2v) is 6.54. The molecule has 1 aliphatic heterocycles. The zero-order chi connectivity index (χ0) is 22.6. The van der Waals surface area contributed by atoms with Gasteiger partial charge in [0.1, 0.15) is 17.1 Å². The van der Waals surface area contributed by atoms with Crippen LogP contribution in [0.2, 0.25) is 0 Å². The predicted octanol–water partition coefficient (Wildman–Crippen LogP) is 3.41. The third-order valence-electron chi connectivity index (χ3n) is 4.20. The zero-order valence-corrected chi connectivity index (χ0v) is 16.3. The summed E-state index contributed by atoms with van der Waals surface area (Å²) < 4.78 is 52.7. The van der Waals surface area contributed by atoms with Gasteiger partial charge in [-0.3, -0.25) is 9.78 Å². The van der Waals surface area contributed by atoms with Crippen molar-refractivity contribution < 1.29 is 32.2 Å². The van der Waals surface area contributed by atoms with Gasteiger partial charge >= 0.3 is 6.18 Å². The number of nitrogens with zero attached hydrogens (tertiary/aromatic N) is 3. The molecule has 166 valence electrons. The average molecular weight is 447 g/mol. The predicted molar refractivity (Wildman–Crippen MR) is 106 cm³/mol. The minimum Gasteiger partial charge on any atom is -0.482 e. The Morgan fingerprint density at radius 1 is 1.12 bits per heavy atom. The van der Waals surface area contributed by atoms with Crippen molar-refractivity contribution in [3.8, 4) is 17.2 Å². The van der Waals surface area contributed by atoms with E-state index >= 15 is 0 Å². The molecule has 0 fully saturated rings. The lowest BCUT2D eigenvalue weighted by Crippen LogP contribution is -2.21. The van der Waals surface area contributed by atoms with Gasteiger partial charge in [0.25, 0.3) is 5.91 Å². The van der Waals surface area contributed by atoms with E-state index < -0.39 is 18.7 Å². The summed E-state index contributed by atoms with van der Waals surface area (Å²) in [6.45, 7) is -0.965. The normalized spacial score (nSPS) is 12.3. The molecule has 0 bridgehead atoms. The minimum atomic E-state index is -4.52. The summed E-state index contributed by atoms with van der Waals surface area (Å²) in [6.07, 6.45) is -0.697. The Hall–Kier alpha value is -4.09. The van der Waals surface area contributed by atoms with E-state index in [4.69, 9.17) is 14.2 Å². The van der Waals surface area contributed by atoms with Crippen molar-refractivity contribution in [2.45, 2.75) is 12.7 Å². The molecule has 0 saturated heterocycles. The van der Waals surface area contributed by atoms with Crippen molar-refractivity contribution in [3.05, 3.63) is 60.2 Å². The number of carbonyl (C=O) groups is 1. The molecule has 2 N–H and O–H groups in total. The molecule has 4 rings (SSSR count). The van der Waals surface area contributed by atoms with Gasteiger partial charge in [0, 0.05) is 25.0 Å². The fourth-order valence-electron chi connectivity index (χ4n) is 2.75. The number of hydrogen-bond acceptors (Lipinski definition) is 8. The van der Waals surface area contributed by atoms with E-state index in [0.29, 0.717) is 18.0 Å². The average Bonchev–Trinajstić information content (AvgIpc) is 3.25. The number of ether oxygens (including phenoxy) is 3. The fraction of sp³-hybridized carbons (Fsp3) is 0.200. The number of fused-ring (bicyclic) bond motifs is 1. The lowest BCUT2D eigenvalue weighted by Gasteiger charge is -2.13. The third-order valence-corrected chi connectivity index (χ3v) is 4.20. The van der Waals surface area contributed by atoms with Crippen LogP contribution in [0.4, 0.5) is 24.8 Å². The molecule has 1 aliphatic rings. The van der Waals surface area contributed by atoms with Crippen molar-refractivity contribution in [2.24, 2.45) is 0 Å². The lowest BCUT2D eigenvalue weighted by atomic mass is 10.2. The van der Waals surface area contributed by atoms with Gasteiger partial charge in [-0.05, 0) is 23.8 Å². The number of halogens is 3. The molecule has 0 spiro atoms. The van der Waals surface area contributed by atoms with Crippen LogP contribution in [0.15, 0.2) is 48.9 Å². The van der Waals surface area contributed by atoms with Crippen molar-refractivity contribution in [1.82, 2.24) is 15.0 Å². The Balaban J connectivity index is 1.40. The zero-order valence-electron chi connectivity index (χ0n) is 16.3. The van der Waals surface area contributed by atoms with Crippen LogP contribution in [0.25, 0.3) is 0 Å². The molecule has 12 heteroatoms. The van der Waals surface area contributed by atoms with Gasteiger partial charge in [0.05, 0.1) is 6.20 Å². The summed E-state index contributed by atoms with van der Waals surface area (Å²) in [7, 11) is 0. The molecular weight excluding hydrogens is 431 g/mol. The van der Waals surface area contributed by atoms with Crippen LogP contribution in [0.5, 0.6) is 17.2 Å². The third kappa shape index (κ3) is 5.33. The number of pyridine rings is 1. The monoisotopic (exact) mass is 447 g/mol. The topological polar surface area (TPSA) is 107 Å². The molecule has 32 heavy (non-hydrogen) atoms. The van der Waals surface area contributed by atoms with Crippen LogP contribution in [-0.2, 0) is 6.54 Å². The number of nitrogens with one attached hydrogen (secondary N) is 2. The van der Waals surface area contributed by atoms with Gasteiger partial charge < -0.3 is 24.8 Å². The molecule has 1 aromatic carbocycles. The molecular formula is C20H16F3N5O4. The SMILES string of the molecule is O=C(Nc1cnccc1OCC(F)(F)F)c1ccnc(NCc2ccc3c(c2)OCO3)n1. The number of alkyl halides is 3. The standard InChI is InChI=1S/C20H16F3N5O4/c21-20(22,23)10-30-15-4-5-24-9-14(15)27-18(29)13-3-6-25-19(28-13)26-8-12-1-2-16-17(7-12)32-11-31-16/h1-7,9H,8,10-11H2,(H,27,29)(H,25,26,28). The molecule has 9 nitrogen and oxygen atoms in total. The number of hydrogen-bond donors (Lipinski definition) is 2. The number of carbonyl (C=O) groups excluding carboxylic acids is 1. The van der Waals surface area contributed by atoms with Crippen LogP contribution < -0.4 is 24.8 Å². The van der Waals surface area contributed by atoms with E-state index in [-0.39, 0.29) is 29.9 Å². The van der Waals surface area contributed by atoms with Gasteiger partial charge in [-0.25, -0.2) is 9.97 Å². The first kappa shape index (κ1) is 21.2. The molecule has 0 unspecified atom stereocenters. The van der Waals surface area contributed by atoms with Crippen LogP contribution in [0.3, 0.4) is 0 Å². The van der Waals surface area contributed by atoms with E-state index in [0.717, 1.165) is 5.56 Å². The number of rotatable bonds is 7. The molecule has 0 radical (unpaired) electrons. The molecule has 0 atom stereocenters. The molecule has 1 amide bonds. The Labute approximate surface area is 179 Å². The summed E-state index contributed by atoms with van der Waals surface area (Å²) in [4.78, 5) is 24.6. The second-order valence-electron chi connectivity index (χ2n) is 6.54. The highest BCUT2D eigenvalue weighted by Crippen LogP contribution is 2.32. The first-order valence-electron chi connectivity index (χ1n) is 9.28. The highest BCUT2D eigenvalue weighted by atomic mass is 19.4. The maximum Gasteiger partial charge on any atom is 0.422 e. The first-order valence-corrected chi connectivity index (χ1v) is 9.28. The van der Waals surface area contributed by atoms with E-state index in [9.17, 15) is 18.0 Å². The van der Waals surface area contributed by atoms with Gasteiger partial charge in [-0.2, -0.15) is 13.2 Å². The first-order chi connectivity index (χ1) is 15.4. The Kier molecular flexibility index (Phi) is 5.92.